The lowest BCUT2D eigenvalue weighted by Crippen LogP contribution is -2.30. The number of nitrogens with one attached hydrogen (secondary N) is 2. The molecule has 26 heavy (non-hydrogen) atoms. The molecule has 0 saturated carbocycles. The number of anilines is 1. The SMILES string of the molecule is CCCOc1ccc(C(=O)NNc2nc(C)cc(C)n2)cc1OCCC. The smallest absolute Gasteiger partial charge is 0.269 e. The predicted molar refractivity (Wildman–Crippen MR) is 101 cm³/mol. The van der Waals surface area contributed by atoms with Crippen LogP contribution in [0.25, 0.3) is 0 Å². The number of nitrogens with zero attached hydrogens (tertiary/aromatic N) is 2. The number of aryl methyl sites for hydroxylation is 2. The molecule has 0 radical (unpaired) electrons. The first-order valence-electron chi connectivity index (χ1n) is 8.81. The Morgan fingerprint density at radius 2 is 1.58 bits per heavy atom. The lowest BCUT2D eigenvalue weighted by Gasteiger charge is -2.14. The monoisotopic (exact) mass is 358 g/mol. The summed E-state index contributed by atoms with van der Waals surface area (Å²) >= 11 is 0. The second-order valence-electron chi connectivity index (χ2n) is 5.91. The van der Waals surface area contributed by atoms with Crippen molar-refractivity contribution in [2.75, 3.05) is 18.6 Å². The van der Waals surface area contributed by atoms with Crippen LogP contribution in [0, 0.1) is 13.8 Å². The van der Waals surface area contributed by atoms with Gasteiger partial charge < -0.3 is 9.47 Å². The van der Waals surface area contributed by atoms with Gasteiger partial charge in [-0.15, -0.1) is 0 Å². The number of amides is 1. The minimum Gasteiger partial charge on any atom is -0.490 e. The second kappa shape index (κ2) is 9.60. The normalized spacial score (nSPS) is 10.3. The van der Waals surface area contributed by atoms with Crippen molar-refractivity contribution in [3.05, 3.63) is 41.2 Å². The molecule has 1 aromatic heterocycles. The molecule has 0 aliphatic rings. The molecule has 1 amide bonds. The van der Waals surface area contributed by atoms with Crippen molar-refractivity contribution >= 4 is 11.9 Å². The maximum Gasteiger partial charge on any atom is 0.269 e. The summed E-state index contributed by atoms with van der Waals surface area (Å²) in [6.07, 6.45) is 1.77. The third kappa shape index (κ3) is 5.61. The van der Waals surface area contributed by atoms with Crippen LogP contribution in [0.2, 0.25) is 0 Å². The molecule has 0 atom stereocenters. The van der Waals surface area contributed by atoms with Gasteiger partial charge in [0.15, 0.2) is 11.5 Å². The first-order valence-corrected chi connectivity index (χ1v) is 8.81. The van der Waals surface area contributed by atoms with Crippen molar-refractivity contribution in [2.24, 2.45) is 0 Å². The molecule has 2 N–H and O–H groups in total. The van der Waals surface area contributed by atoms with Crippen LogP contribution in [0.15, 0.2) is 24.3 Å². The van der Waals surface area contributed by atoms with Crippen molar-refractivity contribution in [3.8, 4) is 11.5 Å². The summed E-state index contributed by atoms with van der Waals surface area (Å²) < 4.78 is 11.4. The molecule has 0 aliphatic heterocycles. The zero-order chi connectivity index (χ0) is 18.9. The third-order valence-electron chi connectivity index (χ3n) is 3.40. The van der Waals surface area contributed by atoms with Gasteiger partial charge in [0.2, 0.25) is 5.95 Å². The summed E-state index contributed by atoms with van der Waals surface area (Å²) in [5.41, 5.74) is 7.45. The largest absolute Gasteiger partial charge is 0.490 e. The minimum atomic E-state index is -0.309. The van der Waals surface area contributed by atoms with Crippen molar-refractivity contribution in [2.45, 2.75) is 40.5 Å². The third-order valence-corrected chi connectivity index (χ3v) is 3.40. The maximum absolute atomic E-state index is 12.4. The van der Waals surface area contributed by atoms with Crippen molar-refractivity contribution in [1.29, 1.82) is 0 Å². The van der Waals surface area contributed by atoms with E-state index in [-0.39, 0.29) is 5.91 Å². The number of hydrazine groups is 1. The number of rotatable bonds is 9. The fourth-order valence-electron chi connectivity index (χ4n) is 2.27. The van der Waals surface area contributed by atoms with E-state index in [2.05, 4.69) is 20.8 Å². The van der Waals surface area contributed by atoms with E-state index in [1.54, 1.807) is 18.2 Å². The molecule has 7 nitrogen and oxygen atoms in total. The van der Waals surface area contributed by atoms with Crippen LogP contribution in [0.1, 0.15) is 48.4 Å². The van der Waals surface area contributed by atoms with E-state index in [4.69, 9.17) is 9.47 Å². The van der Waals surface area contributed by atoms with E-state index in [9.17, 15) is 4.79 Å². The number of hydrogen-bond acceptors (Lipinski definition) is 6. The highest BCUT2D eigenvalue weighted by Gasteiger charge is 2.12. The lowest BCUT2D eigenvalue weighted by molar-refractivity contribution is 0.0961. The van der Waals surface area contributed by atoms with E-state index in [1.807, 2.05) is 33.8 Å². The highest BCUT2D eigenvalue weighted by molar-refractivity contribution is 5.95. The van der Waals surface area contributed by atoms with Crippen molar-refractivity contribution in [3.63, 3.8) is 0 Å². The molecular formula is C19H26N4O3. The molecule has 140 valence electrons. The van der Waals surface area contributed by atoms with E-state index >= 15 is 0 Å². The van der Waals surface area contributed by atoms with Crippen LogP contribution < -0.4 is 20.3 Å². The Hall–Kier alpha value is -2.83. The van der Waals surface area contributed by atoms with Gasteiger partial charge in [0.05, 0.1) is 13.2 Å². The average molecular weight is 358 g/mol. The molecule has 0 saturated heterocycles. The van der Waals surface area contributed by atoms with Gasteiger partial charge >= 0.3 is 0 Å². The summed E-state index contributed by atoms with van der Waals surface area (Å²) in [5, 5.41) is 0. The molecule has 0 fully saturated rings. The van der Waals surface area contributed by atoms with Crippen LogP contribution in [0.4, 0.5) is 5.95 Å². The zero-order valence-corrected chi connectivity index (χ0v) is 15.8. The van der Waals surface area contributed by atoms with E-state index in [0.717, 1.165) is 24.2 Å². The molecule has 7 heteroatoms. The van der Waals surface area contributed by atoms with Crippen LogP contribution >= 0.6 is 0 Å². The number of hydrogen-bond donors (Lipinski definition) is 2. The summed E-state index contributed by atoms with van der Waals surface area (Å²) in [4.78, 5) is 20.9. The number of aromatic nitrogens is 2. The van der Waals surface area contributed by atoms with Gasteiger partial charge in [0.25, 0.3) is 5.91 Å². The Bertz CT molecular complexity index is 729. The number of ether oxygens (including phenoxy) is 2. The number of carbonyl (C=O) groups is 1. The Morgan fingerprint density at radius 3 is 2.19 bits per heavy atom. The summed E-state index contributed by atoms with van der Waals surface area (Å²) in [5.74, 6) is 1.25. The van der Waals surface area contributed by atoms with Gasteiger partial charge in [0, 0.05) is 17.0 Å². The molecule has 0 spiro atoms. The van der Waals surface area contributed by atoms with Crippen LogP contribution in [-0.2, 0) is 0 Å². The second-order valence-corrected chi connectivity index (χ2v) is 5.91. The summed E-state index contributed by atoms with van der Waals surface area (Å²) in [7, 11) is 0. The molecular weight excluding hydrogens is 332 g/mol. The van der Waals surface area contributed by atoms with Crippen LogP contribution in [0.5, 0.6) is 11.5 Å². The maximum atomic E-state index is 12.4. The molecule has 0 bridgehead atoms. The van der Waals surface area contributed by atoms with Crippen LogP contribution in [-0.4, -0.2) is 29.1 Å². The number of carbonyl (C=O) groups excluding carboxylic acids is 1. The standard InChI is InChI=1S/C19H26N4O3/c1-5-9-25-16-8-7-15(12-17(16)26-10-6-2)18(24)22-23-19-20-13(3)11-14(4)21-19/h7-8,11-12H,5-6,9-10H2,1-4H3,(H,22,24)(H,20,21,23). The van der Waals surface area contributed by atoms with Gasteiger partial charge in [-0.2, -0.15) is 0 Å². The Labute approximate surface area is 154 Å². The first kappa shape index (κ1) is 19.5. The minimum absolute atomic E-state index is 0.309. The van der Waals surface area contributed by atoms with Gasteiger partial charge in [-0.05, 0) is 51.0 Å². The molecule has 0 aliphatic carbocycles. The molecule has 1 heterocycles. The fourth-order valence-corrected chi connectivity index (χ4v) is 2.27. The van der Waals surface area contributed by atoms with Crippen molar-refractivity contribution < 1.29 is 14.3 Å². The predicted octanol–water partition coefficient (Wildman–Crippen LogP) is 3.43. The molecule has 1 aromatic carbocycles. The molecule has 2 rings (SSSR count). The lowest BCUT2D eigenvalue weighted by atomic mass is 10.2. The zero-order valence-electron chi connectivity index (χ0n) is 15.8. The average Bonchev–Trinajstić information content (AvgIpc) is 2.62. The van der Waals surface area contributed by atoms with E-state index in [0.29, 0.717) is 36.2 Å². The van der Waals surface area contributed by atoms with E-state index in [1.165, 1.54) is 0 Å². The Morgan fingerprint density at radius 1 is 0.962 bits per heavy atom. The Balaban J connectivity index is 2.09. The fraction of sp³-hybridized carbons (Fsp3) is 0.421. The Kier molecular flexibility index (Phi) is 7.20. The van der Waals surface area contributed by atoms with Gasteiger partial charge in [-0.1, -0.05) is 13.8 Å². The first-order chi connectivity index (χ1) is 12.5. The highest BCUT2D eigenvalue weighted by atomic mass is 16.5. The highest BCUT2D eigenvalue weighted by Crippen LogP contribution is 2.28. The molecule has 2 aromatic rings. The quantitative estimate of drug-likeness (QED) is 0.668. The van der Waals surface area contributed by atoms with Gasteiger partial charge in [-0.25, -0.2) is 9.97 Å². The summed E-state index contributed by atoms with van der Waals surface area (Å²) in [6, 6.07) is 6.99. The summed E-state index contributed by atoms with van der Waals surface area (Å²) in [6.45, 7) is 8.95. The van der Waals surface area contributed by atoms with Gasteiger partial charge in [0.1, 0.15) is 0 Å². The number of benzene rings is 1. The van der Waals surface area contributed by atoms with Gasteiger partial charge in [-0.3, -0.25) is 15.6 Å². The molecule has 0 unspecified atom stereocenters. The topological polar surface area (TPSA) is 85.4 Å². The van der Waals surface area contributed by atoms with E-state index < -0.39 is 0 Å². The van der Waals surface area contributed by atoms with Crippen molar-refractivity contribution in [1.82, 2.24) is 15.4 Å². The van der Waals surface area contributed by atoms with Crippen LogP contribution in [0.3, 0.4) is 0 Å².